The van der Waals surface area contributed by atoms with Crippen molar-refractivity contribution in [3.05, 3.63) is 35.0 Å². The van der Waals surface area contributed by atoms with Gasteiger partial charge in [0.2, 0.25) is 0 Å². The van der Waals surface area contributed by atoms with E-state index in [2.05, 4.69) is 25.8 Å². The summed E-state index contributed by atoms with van der Waals surface area (Å²) in [5, 5.41) is 1.10. The van der Waals surface area contributed by atoms with Gasteiger partial charge >= 0.3 is 0 Å². The molecule has 0 atom stereocenters. The standard InChI is InChI=1S/C14H19N5S/c1-11-12(10-15)20-14(17-11)19-8-6-18(7-9-19)13-4-2-3-5-16-13/h2-5H,6-10,15H2,1H3. The number of aryl methyl sites for hydroxylation is 1. The van der Waals surface area contributed by atoms with Gasteiger partial charge in [0.05, 0.1) is 5.69 Å². The fourth-order valence-electron chi connectivity index (χ4n) is 2.40. The monoisotopic (exact) mass is 289 g/mol. The van der Waals surface area contributed by atoms with Crippen LogP contribution in [-0.4, -0.2) is 36.1 Å². The van der Waals surface area contributed by atoms with Crippen LogP contribution in [-0.2, 0) is 6.54 Å². The number of pyridine rings is 1. The third-order valence-electron chi connectivity index (χ3n) is 3.59. The lowest BCUT2D eigenvalue weighted by Gasteiger charge is -2.35. The van der Waals surface area contributed by atoms with E-state index in [1.165, 1.54) is 4.88 Å². The summed E-state index contributed by atoms with van der Waals surface area (Å²) >= 11 is 1.72. The number of hydrogen-bond acceptors (Lipinski definition) is 6. The van der Waals surface area contributed by atoms with Crippen LogP contribution in [0.15, 0.2) is 24.4 Å². The quantitative estimate of drug-likeness (QED) is 0.930. The van der Waals surface area contributed by atoms with Crippen LogP contribution < -0.4 is 15.5 Å². The first-order valence-corrected chi connectivity index (χ1v) is 7.67. The van der Waals surface area contributed by atoms with E-state index >= 15 is 0 Å². The first-order chi connectivity index (χ1) is 9.78. The maximum Gasteiger partial charge on any atom is 0.185 e. The van der Waals surface area contributed by atoms with Crippen LogP contribution in [0, 0.1) is 6.92 Å². The molecule has 2 N–H and O–H groups in total. The van der Waals surface area contributed by atoms with E-state index in [9.17, 15) is 0 Å². The first-order valence-electron chi connectivity index (χ1n) is 6.85. The van der Waals surface area contributed by atoms with Gasteiger partial charge in [-0.1, -0.05) is 6.07 Å². The number of thiazole rings is 1. The molecular weight excluding hydrogens is 270 g/mol. The molecule has 0 saturated carbocycles. The molecule has 0 aromatic carbocycles. The average Bonchev–Trinajstić information content (AvgIpc) is 2.89. The Balaban J connectivity index is 1.66. The van der Waals surface area contributed by atoms with Crippen LogP contribution in [0.5, 0.6) is 0 Å². The maximum absolute atomic E-state index is 5.73. The Hall–Kier alpha value is -1.66. The Morgan fingerprint density at radius 1 is 1.20 bits per heavy atom. The second kappa shape index (κ2) is 5.76. The number of nitrogens with two attached hydrogens (primary N) is 1. The first kappa shape index (κ1) is 13.3. The van der Waals surface area contributed by atoms with Gasteiger partial charge < -0.3 is 15.5 Å². The summed E-state index contributed by atoms with van der Waals surface area (Å²) in [5.74, 6) is 1.06. The largest absolute Gasteiger partial charge is 0.353 e. The van der Waals surface area contributed by atoms with Gasteiger partial charge in [-0.05, 0) is 19.1 Å². The lowest BCUT2D eigenvalue weighted by atomic mass is 10.3. The van der Waals surface area contributed by atoms with Crippen molar-refractivity contribution < 1.29 is 0 Å². The van der Waals surface area contributed by atoms with Crippen LogP contribution in [0.1, 0.15) is 10.6 Å². The molecule has 0 unspecified atom stereocenters. The predicted molar refractivity (Wildman–Crippen MR) is 83.4 cm³/mol. The van der Waals surface area contributed by atoms with Gasteiger partial charge in [-0.3, -0.25) is 0 Å². The van der Waals surface area contributed by atoms with Gasteiger partial charge in [0.15, 0.2) is 5.13 Å². The van der Waals surface area contributed by atoms with Crippen LogP contribution in [0.4, 0.5) is 10.9 Å². The van der Waals surface area contributed by atoms with Crippen molar-refractivity contribution in [1.82, 2.24) is 9.97 Å². The van der Waals surface area contributed by atoms with Crippen LogP contribution in [0.3, 0.4) is 0 Å². The summed E-state index contributed by atoms with van der Waals surface area (Å²) in [6.07, 6.45) is 1.85. The topological polar surface area (TPSA) is 58.3 Å². The molecule has 2 aromatic rings. The Morgan fingerprint density at radius 2 is 1.95 bits per heavy atom. The zero-order chi connectivity index (χ0) is 13.9. The summed E-state index contributed by atoms with van der Waals surface area (Å²) < 4.78 is 0. The van der Waals surface area contributed by atoms with Crippen molar-refractivity contribution in [2.75, 3.05) is 36.0 Å². The summed E-state index contributed by atoms with van der Waals surface area (Å²) in [5.41, 5.74) is 6.80. The van der Waals surface area contributed by atoms with Gasteiger partial charge in [-0.2, -0.15) is 0 Å². The number of rotatable bonds is 3. The van der Waals surface area contributed by atoms with Gasteiger partial charge in [0.25, 0.3) is 0 Å². The van der Waals surface area contributed by atoms with Crippen LogP contribution in [0.25, 0.3) is 0 Å². The molecule has 0 aliphatic carbocycles. The third-order valence-corrected chi connectivity index (χ3v) is 4.83. The molecule has 0 bridgehead atoms. The van der Waals surface area contributed by atoms with E-state index in [4.69, 9.17) is 5.73 Å². The number of aromatic nitrogens is 2. The molecule has 1 fully saturated rings. The SMILES string of the molecule is Cc1nc(N2CCN(c3ccccn3)CC2)sc1CN. The summed E-state index contributed by atoms with van der Waals surface area (Å²) in [7, 11) is 0. The molecule has 1 aliphatic heterocycles. The van der Waals surface area contributed by atoms with Crippen molar-refractivity contribution in [3.8, 4) is 0 Å². The van der Waals surface area contributed by atoms with Crippen molar-refractivity contribution in [2.45, 2.75) is 13.5 Å². The van der Waals surface area contributed by atoms with E-state index in [0.717, 1.165) is 42.8 Å². The molecule has 6 heteroatoms. The maximum atomic E-state index is 5.73. The molecule has 20 heavy (non-hydrogen) atoms. The van der Waals surface area contributed by atoms with Crippen molar-refractivity contribution in [2.24, 2.45) is 5.73 Å². The normalized spacial score (nSPS) is 15.7. The highest BCUT2D eigenvalue weighted by Crippen LogP contribution is 2.27. The Labute approximate surface area is 123 Å². The summed E-state index contributed by atoms with van der Waals surface area (Å²) in [6, 6.07) is 6.05. The third kappa shape index (κ3) is 2.62. The van der Waals surface area contributed by atoms with Gasteiger partial charge in [0, 0.05) is 43.8 Å². The van der Waals surface area contributed by atoms with Crippen molar-refractivity contribution in [3.63, 3.8) is 0 Å². The van der Waals surface area contributed by atoms with Gasteiger partial charge in [0.1, 0.15) is 5.82 Å². The molecule has 106 valence electrons. The highest BCUT2D eigenvalue weighted by atomic mass is 32.1. The number of piperazine rings is 1. The molecule has 0 radical (unpaired) electrons. The van der Waals surface area contributed by atoms with Crippen molar-refractivity contribution in [1.29, 1.82) is 0 Å². The number of hydrogen-bond donors (Lipinski definition) is 1. The van der Waals surface area contributed by atoms with Gasteiger partial charge in [-0.25, -0.2) is 9.97 Å². The van der Waals surface area contributed by atoms with Crippen LogP contribution in [0.2, 0.25) is 0 Å². The lowest BCUT2D eigenvalue weighted by molar-refractivity contribution is 0.646. The molecule has 1 aliphatic rings. The fourth-order valence-corrected chi connectivity index (χ4v) is 3.40. The molecule has 0 amide bonds. The van der Waals surface area contributed by atoms with E-state index in [-0.39, 0.29) is 0 Å². The minimum Gasteiger partial charge on any atom is -0.353 e. The second-order valence-electron chi connectivity index (χ2n) is 4.87. The average molecular weight is 289 g/mol. The Kier molecular flexibility index (Phi) is 3.84. The van der Waals surface area contributed by atoms with E-state index in [1.54, 1.807) is 11.3 Å². The molecule has 0 spiro atoms. The lowest BCUT2D eigenvalue weighted by Crippen LogP contribution is -2.46. The highest BCUT2D eigenvalue weighted by molar-refractivity contribution is 7.15. The molecule has 2 aromatic heterocycles. The van der Waals surface area contributed by atoms with Crippen LogP contribution >= 0.6 is 11.3 Å². The second-order valence-corrected chi connectivity index (χ2v) is 5.93. The molecule has 5 nitrogen and oxygen atoms in total. The fraction of sp³-hybridized carbons (Fsp3) is 0.429. The molecule has 1 saturated heterocycles. The highest BCUT2D eigenvalue weighted by Gasteiger charge is 2.20. The minimum atomic E-state index is 0.581. The van der Waals surface area contributed by atoms with Crippen molar-refractivity contribution >= 4 is 22.3 Å². The zero-order valence-electron chi connectivity index (χ0n) is 11.6. The summed E-state index contributed by atoms with van der Waals surface area (Å²) in [6.45, 7) is 6.53. The molecular formula is C14H19N5S. The molecule has 3 heterocycles. The predicted octanol–water partition coefficient (Wildman–Crippen LogP) is 1.63. The number of anilines is 2. The Morgan fingerprint density at radius 3 is 2.55 bits per heavy atom. The smallest absolute Gasteiger partial charge is 0.185 e. The zero-order valence-corrected chi connectivity index (χ0v) is 12.4. The van der Waals surface area contributed by atoms with E-state index in [0.29, 0.717) is 6.54 Å². The molecule has 3 rings (SSSR count). The summed E-state index contributed by atoms with van der Waals surface area (Å²) in [4.78, 5) is 14.9. The minimum absolute atomic E-state index is 0.581. The Bertz CT molecular complexity index is 560. The number of nitrogens with zero attached hydrogens (tertiary/aromatic N) is 4. The van der Waals surface area contributed by atoms with E-state index in [1.807, 2.05) is 25.3 Å². The van der Waals surface area contributed by atoms with E-state index < -0.39 is 0 Å². The van der Waals surface area contributed by atoms with Gasteiger partial charge in [-0.15, -0.1) is 11.3 Å².